The number of pyridine rings is 3. The lowest BCUT2D eigenvalue weighted by atomic mass is 9.96. The summed E-state index contributed by atoms with van der Waals surface area (Å²) in [6, 6.07) is 8.65. The van der Waals surface area contributed by atoms with Crippen LogP contribution in [0.3, 0.4) is 0 Å². The number of rotatable bonds is 8. The first-order chi connectivity index (χ1) is 17.9. The number of nitrogens with zero attached hydrogens (tertiary/aromatic N) is 3. The Morgan fingerprint density at radius 2 is 1.68 bits per heavy atom. The first-order valence-corrected chi connectivity index (χ1v) is 11.2. The van der Waals surface area contributed by atoms with Gasteiger partial charge in [-0.05, 0) is 48.4 Å². The molecule has 0 radical (unpaired) electrons. The van der Waals surface area contributed by atoms with Gasteiger partial charge in [-0.15, -0.1) is 0 Å². The van der Waals surface area contributed by atoms with Gasteiger partial charge in [0, 0.05) is 29.0 Å². The van der Waals surface area contributed by atoms with Gasteiger partial charge >= 0.3 is 5.97 Å². The molecule has 11 nitrogen and oxygen atoms in total. The SMILES string of the molecule is COC(=O)c1c(-c2cc(OC)c(OC)c(OC)c2)c2ccnc(NN)c2c(=O)n1Cc1ccnc(C)c1. The summed E-state index contributed by atoms with van der Waals surface area (Å²) in [6.45, 7) is 1.91. The van der Waals surface area contributed by atoms with E-state index in [-0.39, 0.29) is 23.4 Å². The number of nitrogen functional groups attached to an aromatic ring is 1. The molecule has 3 aromatic heterocycles. The molecular weight excluding hydrogens is 478 g/mol. The highest BCUT2D eigenvalue weighted by atomic mass is 16.5. The van der Waals surface area contributed by atoms with Gasteiger partial charge in [-0.2, -0.15) is 0 Å². The summed E-state index contributed by atoms with van der Waals surface area (Å²) in [4.78, 5) is 35.7. The van der Waals surface area contributed by atoms with Crippen molar-refractivity contribution in [2.75, 3.05) is 33.9 Å². The highest BCUT2D eigenvalue weighted by molar-refractivity contribution is 6.09. The molecule has 4 aromatic rings. The molecule has 0 spiro atoms. The quantitative estimate of drug-likeness (QED) is 0.209. The molecule has 0 saturated carbocycles. The first-order valence-electron chi connectivity index (χ1n) is 11.2. The average molecular weight is 506 g/mol. The van der Waals surface area contributed by atoms with Crippen molar-refractivity contribution in [1.29, 1.82) is 0 Å². The Kier molecular flexibility index (Phi) is 7.25. The summed E-state index contributed by atoms with van der Waals surface area (Å²) in [5.74, 6) is 6.31. The van der Waals surface area contributed by atoms with E-state index in [4.69, 9.17) is 24.8 Å². The third-order valence-corrected chi connectivity index (χ3v) is 5.96. The molecule has 0 saturated heterocycles. The summed E-state index contributed by atoms with van der Waals surface area (Å²) < 4.78 is 23.1. The lowest BCUT2D eigenvalue weighted by Crippen LogP contribution is -2.29. The van der Waals surface area contributed by atoms with Crippen molar-refractivity contribution in [3.63, 3.8) is 0 Å². The van der Waals surface area contributed by atoms with Crippen molar-refractivity contribution in [2.24, 2.45) is 5.84 Å². The second-order valence-corrected chi connectivity index (χ2v) is 8.05. The number of hydrogen-bond donors (Lipinski definition) is 2. The number of carbonyl (C=O) groups is 1. The number of hydrazine groups is 1. The number of hydrogen-bond acceptors (Lipinski definition) is 10. The van der Waals surface area contributed by atoms with Crippen molar-refractivity contribution in [1.82, 2.24) is 14.5 Å². The molecule has 0 aliphatic heterocycles. The molecule has 3 heterocycles. The van der Waals surface area contributed by atoms with Crippen LogP contribution in [0, 0.1) is 6.92 Å². The van der Waals surface area contributed by atoms with Gasteiger partial charge in [0.2, 0.25) is 5.75 Å². The van der Waals surface area contributed by atoms with Crippen LogP contribution in [0.4, 0.5) is 5.82 Å². The maximum Gasteiger partial charge on any atom is 0.355 e. The third-order valence-electron chi connectivity index (χ3n) is 5.96. The molecule has 37 heavy (non-hydrogen) atoms. The van der Waals surface area contributed by atoms with Crippen molar-refractivity contribution < 1.29 is 23.7 Å². The Morgan fingerprint density at radius 1 is 1.00 bits per heavy atom. The zero-order chi connectivity index (χ0) is 26.7. The number of nitrogens with one attached hydrogen (secondary N) is 1. The molecule has 0 amide bonds. The van der Waals surface area contributed by atoms with E-state index in [1.165, 1.54) is 39.2 Å². The predicted octanol–water partition coefficient (Wildman–Crippen LogP) is 2.91. The third kappa shape index (κ3) is 4.52. The lowest BCUT2D eigenvalue weighted by Gasteiger charge is -2.21. The Bertz CT molecular complexity index is 1520. The molecule has 0 aliphatic rings. The fraction of sp³-hybridized carbons (Fsp3) is 0.231. The van der Waals surface area contributed by atoms with Crippen LogP contribution in [0.2, 0.25) is 0 Å². The number of aryl methyl sites for hydroxylation is 1. The van der Waals surface area contributed by atoms with Crippen LogP contribution >= 0.6 is 0 Å². The number of methoxy groups -OCH3 is 4. The van der Waals surface area contributed by atoms with Crippen LogP contribution in [0.5, 0.6) is 17.2 Å². The zero-order valence-electron chi connectivity index (χ0n) is 21.1. The van der Waals surface area contributed by atoms with Gasteiger partial charge in [-0.3, -0.25) is 14.3 Å². The van der Waals surface area contributed by atoms with Gasteiger partial charge in [0.15, 0.2) is 17.3 Å². The van der Waals surface area contributed by atoms with E-state index in [9.17, 15) is 9.59 Å². The van der Waals surface area contributed by atoms with Crippen LogP contribution in [0.1, 0.15) is 21.7 Å². The molecule has 0 fully saturated rings. The van der Waals surface area contributed by atoms with Gasteiger partial charge < -0.3 is 24.4 Å². The highest BCUT2D eigenvalue weighted by Crippen LogP contribution is 2.43. The number of benzene rings is 1. The summed E-state index contributed by atoms with van der Waals surface area (Å²) in [6.07, 6.45) is 3.14. The number of fused-ring (bicyclic) bond motifs is 1. The van der Waals surface area contributed by atoms with E-state index in [0.717, 1.165) is 11.3 Å². The molecule has 4 rings (SSSR count). The minimum absolute atomic E-state index is 0.0397. The number of aromatic nitrogens is 3. The molecule has 11 heteroatoms. The van der Waals surface area contributed by atoms with E-state index in [1.54, 1.807) is 30.5 Å². The minimum atomic E-state index is -0.701. The smallest absolute Gasteiger partial charge is 0.355 e. The Labute approximate surface area is 212 Å². The van der Waals surface area contributed by atoms with Crippen LogP contribution in [0.25, 0.3) is 21.9 Å². The standard InChI is InChI=1S/C26H27N5O6/c1-14-10-15(6-8-28-14)13-31-22(26(33)37-5)20(17-7-9-29-24(30-27)21(17)25(31)32)16-11-18(34-2)23(36-4)19(12-16)35-3/h6-12H,13,27H2,1-5H3,(H,29,30). The van der Waals surface area contributed by atoms with E-state index in [1.807, 2.05) is 13.0 Å². The number of nitrogens with two attached hydrogens (primary N) is 1. The van der Waals surface area contributed by atoms with Gasteiger partial charge in [0.1, 0.15) is 5.69 Å². The summed E-state index contributed by atoms with van der Waals surface area (Å²) >= 11 is 0. The van der Waals surface area contributed by atoms with Crippen molar-refractivity contribution in [3.8, 4) is 28.4 Å². The van der Waals surface area contributed by atoms with Gasteiger partial charge in [-0.1, -0.05) is 0 Å². The fourth-order valence-electron chi connectivity index (χ4n) is 4.36. The molecular formula is C26H27N5O6. The monoisotopic (exact) mass is 505 g/mol. The van der Waals surface area contributed by atoms with Gasteiger partial charge in [0.05, 0.1) is 40.4 Å². The zero-order valence-corrected chi connectivity index (χ0v) is 21.1. The molecule has 192 valence electrons. The van der Waals surface area contributed by atoms with E-state index in [2.05, 4.69) is 15.4 Å². The van der Waals surface area contributed by atoms with Gasteiger partial charge in [0.25, 0.3) is 5.56 Å². The summed E-state index contributed by atoms with van der Waals surface area (Å²) in [5.41, 5.74) is 4.53. The number of ether oxygens (including phenoxy) is 4. The van der Waals surface area contributed by atoms with Crippen molar-refractivity contribution in [3.05, 3.63) is 70.0 Å². The number of anilines is 1. The summed E-state index contributed by atoms with van der Waals surface area (Å²) in [5, 5.41) is 0.636. The molecule has 0 atom stereocenters. The van der Waals surface area contributed by atoms with Crippen LogP contribution in [0.15, 0.2) is 47.5 Å². The largest absolute Gasteiger partial charge is 0.493 e. The second kappa shape index (κ2) is 10.5. The Hall–Kier alpha value is -4.64. The topological polar surface area (TPSA) is 140 Å². The van der Waals surface area contributed by atoms with Crippen molar-refractivity contribution in [2.45, 2.75) is 13.5 Å². The van der Waals surface area contributed by atoms with E-state index >= 15 is 0 Å². The van der Waals surface area contributed by atoms with Gasteiger partial charge in [-0.25, -0.2) is 15.6 Å². The van der Waals surface area contributed by atoms with Crippen LogP contribution in [-0.2, 0) is 11.3 Å². The Balaban J connectivity index is 2.20. The predicted molar refractivity (Wildman–Crippen MR) is 138 cm³/mol. The normalized spacial score (nSPS) is 10.8. The molecule has 0 unspecified atom stereocenters. The van der Waals surface area contributed by atoms with E-state index in [0.29, 0.717) is 33.8 Å². The maximum absolute atomic E-state index is 13.9. The number of carbonyl (C=O) groups excluding carboxylic acids is 1. The fourth-order valence-corrected chi connectivity index (χ4v) is 4.36. The minimum Gasteiger partial charge on any atom is -0.493 e. The van der Waals surface area contributed by atoms with Crippen LogP contribution < -0.4 is 31.0 Å². The molecule has 0 aliphatic carbocycles. The number of esters is 1. The molecule has 3 N–H and O–H groups in total. The van der Waals surface area contributed by atoms with Crippen molar-refractivity contribution >= 4 is 22.6 Å². The summed E-state index contributed by atoms with van der Waals surface area (Å²) in [7, 11) is 5.74. The maximum atomic E-state index is 13.9. The molecule has 1 aromatic carbocycles. The van der Waals surface area contributed by atoms with E-state index < -0.39 is 11.5 Å². The average Bonchev–Trinajstić information content (AvgIpc) is 2.92. The molecule has 0 bridgehead atoms. The Morgan fingerprint density at radius 3 is 2.24 bits per heavy atom. The highest BCUT2D eigenvalue weighted by Gasteiger charge is 2.27. The lowest BCUT2D eigenvalue weighted by molar-refractivity contribution is 0.0588. The van der Waals surface area contributed by atoms with Crippen LogP contribution in [-0.4, -0.2) is 48.9 Å². The first kappa shape index (κ1) is 25.5. The second-order valence-electron chi connectivity index (χ2n) is 8.05.